The Morgan fingerprint density at radius 3 is 1.27 bits per heavy atom. The van der Waals surface area contributed by atoms with Crippen LogP contribution in [0.4, 0.5) is 28.9 Å². The second kappa shape index (κ2) is 18.2. The molecule has 0 spiro atoms. The topological polar surface area (TPSA) is 40.6 Å². The number of hydrogen-bond donors (Lipinski definition) is 0. The van der Waals surface area contributed by atoms with Gasteiger partial charge in [0.15, 0.2) is 0 Å². The number of rotatable bonds is 12. The molecule has 9 heteroatoms. The zero-order valence-corrected chi connectivity index (χ0v) is 34.9. The first-order chi connectivity index (χ1) is 28.8. The van der Waals surface area contributed by atoms with Gasteiger partial charge < -0.3 is 0 Å². The van der Waals surface area contributed by atoms with Crippen LogP contribution in [0, 0.1) is 35.1 Å². The second-order valence-electron chi connectivity index (χ2n) is 16.5. The molecule has 4 aromatic rings. The van der Waals surface area contributed by atoms with Crippen LogP contribution in [-0.2, 0) is 16.6 Å². The van der Waals surface area contributed by atoms with E-state index in [1.807, 2.05) is 12.2 Å². The molecule has 2 amide bonds. The number of allylic oxidation sites excluding steroid dienone is 8. The van der Waals surface area contributed by atoms with E-state index >= 15 is 17.6 Å². The standard InChI is InChI=1S/2C20H20F2NO.2C5H5.Ti/c2*21-17-11-12-19(18(22)13-17)23(14-15-7-3-1-4-8-15)20(24)16-9-5-2-6-10-16;2*1-2-4-5-3-1;/h2*2,5-6,9-12,15H,1,3-4,7-8,14H2;2*1-3H,4H2;. The first-order valence-electron chi connectivity index (χ1n) is 21.2. The number of amides is 2. The molecule has 2 saturated carbocycles. The van der Waals surface area contributed by atoms with Gasteiger partial charge in [-0.15, -0.1) is 0 Å². The molecule has 0 aromatic heterocycles. The van der Waals surface area contributed by atoms with Crippen molar-refractivity contribution >= 4 is 30.9 Å². The van der Waals surface area contributed by atoms with Gasteiger partial charge in [0.2, 0.25) is 0 Å². The maximum absolute atomic E-state index is 18.3. The van der Waals surface area contributed by atoms with Crippen LogP contribution in [0.5, 0.6) is 0 Å². The van der Waals surface area contributed by atoms with Crippen molar-refractivity contribution in [3.63, 3.8) is 0 Å². The summed E-state index contributed by atoms with van der Waals surface area (Å²) in [4.78, 5) is 31.8. The Kier molecular flexibility index (Phi) is 12.7. The molecule has 0 radical (unpaired) electrons. The van der Waals surface area contributed by atoms with Gasteiger partial charge in [0.25, 0.3) is 0 Å². The third-order valence-corrected chi connectivity index (χ3v) is 20.8. The molecule has 8 rings (SSSR count). The number of nitrogens with zero attached hydrogens (tertiary/aromatic N) is 2. The van der Waals surface area contributed by atoms with E-state index in [4.69, 9.17) is 0 Å². The Labute approximate surface area is 348 Å². The van der Waals surface area contributed by atoms with Gasteiger partial charge in [-0.2, -0.15) is 0 Å². The summed E-state index contributed by atoms with van der Waals surface area (Å²) in [6, 6.07) is 22.2. The van der Waals surface area contributed by atoms with Crippen molar-refractivity contribution in [3.8, 4) is 0 Å². The Bertz CT molecular complexity index is 2150. The normalized spacial score (nSPS) is 17.2. The minimum atomic E-state index is -5.36. The molecule has 0 bridgehead atoms. The van der Waals surface area contributed by atoms with Crippen LogP contribution in [0.2, 0.25) is 0 Å². The summed E-state index contributed by atoms with van der Waals surface area (Å²) in [5.74, 6) is -4.44. The van der Waals surface area contributed by atoms with Gasteiger partial charge in [-0.1, -0.05) is 0 Å². The van der Waals surface area contributed by atoms with Crippen LogP contribution in [0.1, 0.15) is 97.8 Å². The molecule has 4 aliphatic carbocycles. The zero-order valence-electron chi connectivity index (χ0n) is 33.3. The number of anilines is 2. The Hall–Kier alpha value is -4.79. The molecule has 4 nitrogen and oxygen atoms in total. The summed E-state index contributed by atoms with van der Waals surface area (Å²) in [5.41, 5.74) is 0.503. The zero-order chi connectivity index (χ0) is 40.9. The van der Waals surface area contributed by atoms with Crippen molar-refractivity contribution in [1.82, 2.24) is 0 Å². The minimum absolute atomic E-state index is 0.1000. The van der Waals surface area contributed by atoms with Gasteiger partial charge in [-0.05, 0) is 0 Å². The van der Waals surface area contributed by atoms with Crippen LogP contribution in [0.3, 0.4) is 0 Å². The van der Waals surface area contributed by atoms with Gasteiger partial charge >= 0.3 is 350 Å². The van der Waals surface area contributed by atoms with E-state index in [9.17, 15) is 9.59 Å². The summed E-state index contributed by atoms with van der Waals surface area (Å²) >= 11 is -5.36. The van der Waals surface area contributed by atoms with E-state index in [0.29, 0.717) is 18.9 Å². The van der Waals surface area contributed by atoms with Crippen LogP contribution >= 0.6 is 0 Å². The molecule has 0 atom stereocenters. The average molecular weight is 835 g/mol. The molecule has 4 aromatic carbocycles. The molecule has 0 unspecified atom stereocenters. The van der Waals surface area contributed by atoms with Gasteiger partial charge in [0.1, 0.15) is 0 Å². The third kappa shape index (κ3) is 8.11. The Balaban J connectivity index is 1.36. The number of carbonyl (C=O) groups is 2. The molecule has 0 aliphatic heterocycles. The first kappa shape index (κ1) is 41.0. The predicted octanol–water partition coefficient (Wildman–Crippen LogP) is 11.5. The number of hydrogen-bond acceptors (Lipinski definition) is 2. The van der Waals surface area contributed by atoms with E-state index in [1.165, 1.54) is 34.1 Å². The van der Waals surface area contributed by atoms with Crippen LogP contribution in [0.25, 0.3) is 0 Å². The third-order valence-electron chi connectivity index (χ3n) is 12.8. The molecular formula is C50H50F4N2O2Ti. The molecule has 4 aliphatic rings. The van der Waals surface area contributed by atoms with E-state index in [1.54, 1.807) is 85.0 Å². The Morgan fingerprint density at radius 2 is 0.915 bits per heavy atom. The van der Waals surface area contributed by atoms with Gasteiger partial charge in [-0.3, -0.25) is 0 Å². The fourth-order valence-electron chi connectivity index (χ4n) is 9.92. The van der Waals surface area contributed by atoms with Gasteiger partial charge in [0, 0.05) is 0 Å². The van der Waals surface area contributed by atoms with Crippen molar-refractivity contribution in [2.24, 2.45) is 11.8 Å². The maximum atomic E-state index is 18.3. The molecule has 59 heavy (non-hydrogen) atoms. The number of benzene rings is 4. The summed E-state index contributed by atoms with van der Waals surface area (Å²) in [5, 5.41) is 0. The van der Waals surface area contributed by atoms with Crippen LogP contribution < -0.4 is 17.5 Å². The summed E-state index contributed by atoms with van der Waals surface area (Å²) in [7, 11) is 0. The number of halogens is 4. The summed E-state index contributed by atoms with van der Waals surface area (Å²) in [6.07, 6.45) is 20.9. The van der Waals surface area contributed by atoms with Crippen molar-refractivity contribution < 1.29 is 43.7 Å². The second-order valence-corrected chi connectivity index (χ2v) is 22.4. The van der Waals surface area contributed by atoms with E-state index < -0.39 is 51.7 Å². The quantitative estimate of drug-likeness (QED) is 0.105. The van der Waals surface area contributed by atoms with Crippen LogP contribution in [0.15, 0.2) is 129 Å². The van der Waals surface area contributed by atoms with Crippen molar-refractivity contribution in [2.45, 2.75) is 77.0 Å². The summed E-state index contributed by atoms with van der Waals surface area (Å²) in [6.45, 7) is 0.445. The van der Waals surface area contributed by atoms with E-state index in [2.05, 4.69) is 0 Å². The van der Waals surface area contributed by atoms with Crippen LogP contribution in [-0.4, -0.2) is 24.9 Å². The van der Waals surface area contributed by atoms with Crippen molar-refractivity contribution in [3.05, 3.63) is 164 Å². The van der Waals surface area contributed by atoms with Gasteiger partial charge in [-0.25, -0.2) is 0 Å². The molecular weight excluding hydrogens is 784 g/mol. The van der Waals surface area contributed by atoms with E-state index in [-0.39, 0.29) is 56.9 Å². The average Bonchev–Trinajstić information content (AvgIpc) is 4.03. The Morgan fingerprint density at radius 1 is 0.525 bits per heavy atom. The monoisotopic (exact) mass is 834 g/mol. The predicted molar refractivity (Wildman–Crippen MR) is 225 cm³/mol. The van der Waals surface area contributed by atoms with E-state index in [0.717, 1.165) is 64.2 Å². The first-order valence-corrected chi connectivity index (χ1v) is 24.3. The van der Waals surface area contributed by atoms with Crippen molar-refractivity contribution in [1.29, 1.82) is 0 Å². The number of carbonyl (C=O) groups excluding carboxylic acids is 2. The molecule has 0 heterocycles. The molecule has 2 fully saturated rings. The fraction of sp³-hybridized carbons (Fsp3) is 0.320. The molecule has 0 N–H and O–H groups in total. The fourth-order valence-corrected chi connectivity index (χ4v) is 18.2. The molecule has 0 saturated heterocycles. The summed E-state index contributed by atoms with van der Waals surface area (Å²) < 4.78 is 71.5. The SMILES string of the molecule is O=C(c1ccccc1)N(CC1CCCCC1)c1ccc(F)[c]([Ti]([C]2=CC=CC2)([C]2=CC=CC2)[c]2c(F)ccc(N(CC3CCCCC3)C(=O)c3ccccc3)c2F)c1F. The van der Waals surface area contributed by atoms with Crippen molar-refractivity contribution in [2.75, 3.05) is 22.9 Å². The van der Waals surface area contributed by atoms with Gasteiger partial charge in [0.05, 0.1) is 0 Å². The molecule has 304 valence electrons.